The highest BCUT2D eigenvalue weighted by molar-refractivity contribution is 5.79. The van der Waals surface area contributed by atoms with Gasteiger partial charge in [0.15, 0.2) is 0 Å². The lowest BCUT2D eigenvalue weighted by atomic mass is 10.1. The number of aromatic amines is 1. The van der Waals surface area contributed by atoms with Crippen LogP contribution in [0.4, 0.5) is 0 Å². The van der Waals surface area contributed by atoms with Gasteiger partial charge in [-0.1, -0.05) is 12.1 Å². The number of nitrogens with one attached hydrogen (secondary N) is 2. The molecule has 0 saturated heterocycles. The molecule has 19 heavy (non-hydrogen) atoms. The van der Waals surface area contributed by atoms with Gasteiger partial charge in [0, 0.05) is 30.5 Å². The van der Waals surface area contributed by atoms with E-state index in [1.165, 1.54) is 16.5 Å². The molecular formula is C16H17N3. The Balaban J connectivity index is 1.68. The van der Waals surface area contributed by atoms with Crippen LogP contribution in [0, 0.1) is 0 Å². The lowest BCUT2D eigenvalue weighted by molar-refractivity contribution is 0.562. The van der Waals surface area contributed by atoms with Gasteiger partial charge in [-0.05, 0) is 48.2 Å². The Hall–Kier alpha value is -2.13. The normalized spacial score (nSPS) is 12.7. The van der Waals surface area contributed by atoms with Crippen molar-refractivity contribution >= 4 is 10.9 Å². The fraction of sp³-hybridized carbons (Fsp3) is 0.188. The van der Waals surface area contributed by atoms with Gasteiger partial charge in [0.25, 0.3) is 0 Å². The highest BCUT2D eigenvalue weighted by atomic mass is 14.9. The largest absolute Gasteiger partial charge is 0.361 e. The number of fused-ring (bicyclic) bond motifs is 1. The first-order chi connectivity index (χ1) is 9.33. The van der Waals surface area contributed by atoms with Crippen molar-refractivity contribution in [3.8, 4) is 0 Å². The van der Waals surface area contributed by atoms with Gasteiger partial charge in [0.1, 0.15) is 0 Å². The monoisotopic (exact) mass is 251 g/mol. The minimum atomic E-state index is 0.253. The van der Waals surface area contributed by atoms with E-state index in [0.717, 1.165) is 12.2 Å². The molecule has 0 unspecified atom stereocenters. The standard InChI is InChI=1S/C16H17N3/c1-12(15-4-2-3-8-17-15)19-11-13-5-6-16-14(10-13)7-9-18-16/h2-10,12,18-19H,11H2,1H3/t12-/m0/s1. The van der Waals surface area contributed by atoms with Crippen molar-refractivity contribution < 1.29 is 0 Å². The van der Waals surface area contributed by atoms with Crippen LogP contribution in [-0.4, -0.2) is 9.97 Å². The molecule has 3 nitrogen and oxygen atoms in total. The van der Waals surface area contributed by atoms with E-state index in [1.807, 2.05) is 30.6 Å². The first kappa shape index (κ1) is 11.9. The molecule has 0 fully saturated rings. The van der Waals surface area contributed by atoms with E-state index in [2.05, 4.69) is 46.5 Å². The van der Waals surface area contributed by atoms with E-state index < -0.39 is 0 Å². The predicted molar refractivity (Wildman–Crippen MR) is 77.8 cm³/mol. The fourth-order valence-electron chi connectivity index (χ4n) is 2.22. The van der Waals surface area contributed by atoms with Crippen LogP contribution in [0.25, 0.3) is 10.9 Å². The number of pyridine rings is 1. The maximum atomic E-state index is 4.37. The second-order valence-electron chi connectivity index (χ2n) is 4.76. The molecule has 96 valence electrons. The minimum absolute atomic E-state index is 0.253. The Bertz CT molecular complexity index is 658. The second-order valence-corrected chi connectivity index (χ2v) is 4.76. The first-order valence-corrected chi connectivity index (χ1v) is 6.53. The second kappa shape index (κ2) is 5.24. The Kier molecular flexibility index (Phi) is 3.29. The van der Waals surface area contributed by atoms with Crippen molar-refractivity contribution in [3.63, 3.8) is 0 Å². The van der Waals surface area contributed by atoms with Gasteiger partial charge < -0.3 is 10.3 Å². The number of benzene rings is 1. The third-order valence-corrected chi connectivity index (χ3v) is 3.36. The zero-order valence-corrected chi connectivity index (χ0v) is 10.9. The van der Waals surface area contributed by atoms with Crippen LogP contribution in [0.2, 0.25) is 0 Å². The van der Waals surface area contributed by atoms with Crippen molar-refractivity contribution in [1.82, 2.24) is 15.3 Å². The van der Waals surface area contributed by atoms with Gasteiger partial charge in [-0.25, -0.2) is 0 Å². The van der Waals surface area contributed by atoms with E-state index >= 15 is 0 Å². The number of aromatic nitrogens is 2. The van der Waals surface area contributed by atoms with Crippen LogP contribution in [-0.2, 0) is 6.54 Å². The van der Waals surface area contributed by atoms with Crippen LogP contribution in [0.1, 0.15) is 24.2 Å². The first-order valence-electron chi connectivity index (χ1n) is 6.53. The van der Waals surface area contributed by atoms with Crippen LogP contribution in [0.3, 0.4) is 0 Å². The zero-order chi connectivity index (χ0) is 13.1. The van der Waals surface area contributed by atoms with Crippen molar-refractivity contribution in [1.29, 1.82) is 0 Å². The molecule has 2 aromatic heterocycles. The van der Waals surface area contributed by atoms with E-state index in [0.29, 0.717) is 0 Å². The molecule has 0 spiro atoms. The SMILES string of the molecule is C[C@H](NCc1ccc2[nH]ccc2c1)c1ccccn1. The number of rotatable bonds is 4. The Labute approximate surface area is 112 Å². The number of nitrogens with zero attached hydrogens (tertiary/aromatic N) is 1. The van der Waals surface area contributed by atoms with Crippen LogP contribution < -0.4 is 5.32 Å². The quantitative estimate of drug-likeness (QED) is 0.746. The van der Waals surface area contributed by atoms with Crippen LogP contribution in [0.5, 0.6) is 0 Å². The average molecular weight is 251 g/mol. The molecule has 0 aliphatic heterocycles. The number of hydrogen-bond donors (Lipinski definition) is 2. The number of hydrogen-bond acceptors (Lipinski definition) is 2. The van der Waals surface area contributed by atoms with E-state index in [-0.39, 0.29) is 6.04 Å². The van der Waals surface area contributed by atoms with E-state index in [1.54, 1.807) is 0 Å². The third-order valence-electron chi connectivity index (χ3n) is 3.36. The van der Waals surface area contributed by atoms with Crippen molar-refractivity contribution in [2.45, 2.75) is 19.5 Å². The summed E-state index contributed by atoms with van der Waals surface area (Å²) in [6, 6.07) is 14.8. The molecule has 2 heterocycles. The van der Waals surface area contributed by atoms with Gasteiger partial charge in [-0.15, -0.1) is 0 Å². The van der Waals surface area contributed by atoms with Gasteiger partial charge in [0.2, 0.25) is 0 Å². The molecule has 3 aromatic rings. The molecule has 2 N–H and O–H groups in total. The number of H-pyrrole nitrogens is 1. The summed E-state index contributed by atoms with van der Waals surface area (Å²) in [7, 11) is 0. The predicted octanol–water partition coefficient (Wildman–Crippen LogP) is 3.41. The summed E-state index contributed by atoms with van der Waals surface area (Å²) in [4.78, 5) is 7.57. The van der Waals surface area contributed by atoms with Crippen molar-refractivity contribution in [2.75, 3.05) is 0 Å². The maximum absolute atomic E-state index is 4.37. The highest BCUT2D eigenvalue weighted by Crippen LogP contribution is 2.15. The molecule has 3 rings (SSSR count). The fourth-order valence-corrected chi connectivity index (χ4v) is 2.22. The molecule has 0 amide bonds. The van der Waals surface area contributed by atoms with Gasteiger partial charge in [-0.2, -0.15) is 0 Å². The van der Waals surface area contributed by atoms with E-state index in [4.69, 9.17) is 0 Å². The topological polar surface area (TPSA) is 40.7 Å². The molecular weight excluding hydrogens is 234 g/mol. The van der Waals surface area contributed by atoms with Gasteiger partial charge in [-0.3, -0.25) is 4.98 Å². The summed E-state index contributed by atoms with van der Waals surface area (Å²) >= 11 is 0. The van der Waals surface area contributed by atoms with Crippen LogP contribution in [0.15, 0.2) is 54.9 Å². The van der Waals surface area contributed by atoms with Crippen molar-refractivity contribution in [3.05, 3.63) is 66.1 Å². The Morgan fingerprint density at radius 3 is 3.00 bits per heavy atom. The third kappa shape index (κ3) is 2.66. The minimum Gasteiger partial charge on any atom is -0.361 e. The smallest absolute Gasteiger partial charge is 0.0570 e. The molecule has 0 aliphatic carbocycles. The summed E-state index contributed by atoms with van der Waals surface area (Å²) in [5, 5.41) is 4.75. The average Bonchev–Trinajstić information content (AvgIpc) is 2.93. The molecule has 0 radical (unpaired) electrons. The molecule has 1 aromatic carbocycles. The Morgan fingerprint density at radius 1 is 1.21 bits per heavy atom. The lowest BCUT2D eigenvalue weighted by Gasteiger charge is -2.13. The van der Waals surface area contributed by atoms with E-state index in [9.17, 15) is 0 Å². The van der Waals surface area contributed by atoms with Gasteiger partial charge >= 0.3 is 0 Å². The van der Waals surface area contributed by atoms with Crippen molar-refractivity contribution in [2.24, 2.45) is 0 Å². The molecule has 0 saturated carbocycles. The summed E-state index contributed by atoms with van der Waals surface area (Å²) in [5.74, 6) is 0. The maximum Gasteiger partial charge on any atom is 0.0570 e. The summed E-state index contributed by atoms with van der Waals surface area (Å²) in [5.41, 5.74) is 3.54. The summed E-state index contributed by atoms with van der Waals surface area (Å²) in [6.07, 6.45) is 3.80. The zero-order valence-electron chi connectivity index (χ0n) is 10.9. The lowest BCUT2D eigenvalue weighted by Crippen LogP contribution is -2.18. The molecule has 3 heteroatoms. The molecule has 0 aliphatic rings. The highest BCUT2D eigenvalue weighted by Gasteiger charge is 2.05. The summed E-state index contributed by atoms with van der Waals surface area (Å²) in [6.45, 7) is 2.98. The molecule has 0 bridgehead atoms. The summed E-state index contributed by atoms with van der Waals surface area (Å²) < 4.78 is 0. The van der Waals surface area contributed by atoms with Gasteiger partial charge in [0.05, 0.1) is 5.69 Å². The van der Waals surface area contributed by atoms with Crippen LogP contribution >= 0.6 is 0 Å². The Morgan fingerprint density at radius 2 is 2.16 bits per heavy atom. The molecule has 1 atom stereocenters.